The number of halogens is 2. The van der Waals surface area contributed by atoms with Gasteiger partial charge in [0.1, 0.15) is 18.3 Å². The lowest BCUT2D eigenvalue weighted by Gasteiger charge is -2.32. The van der Waals surface area contributed by atoms with Crippen molar-refractivity contribution in [2.75, 3.05) is 18.0 Å². The molecule has 3 rings (SSSR count). The van der Waals surface area contributed by atoms with Gasteiger partial charge in [-0.1, -0.05) is 59.1 Å². The van der Waals surface area contributed by atoms with Gasteiger partial charge in [0.25, 0.3) is 10.0 Å². The van der Waals surface area contributed by atoms with Crippen molar-refractivity contribution in [3.63, 3.8) is 0 Å². The number of ether oxygens (including phenoxy) is 1. The molecule has 0 spiro atoms. The molecule has 0 fully saturated rings. The first-order chi connectivity index (χ1) is 18.8. The number of hydrogen-bond acceptors (Lipinski definition) is 5. The van der Waals surface area contributed by atoms with Crippen LogP contribution in [-0.4, -0.2) is 50.9 Å². The van der Waals surface area contributed by atoms with Crippen LogP contribution in [0.1, 0.15) is 31.9 Å². The van der Waals surface area contributed by atoms with Gasteiger partial charge in [0.05, 0.1) is 27.7 Å². The minimum atomic E-state index is -4.22. The SMILES string of the molecule is COc1ccccc1N(CC(=O)N(Cc1ccc(Cl)c(Cl)c1)[C@H](C)C(=O)NC(C)C)S(=O)(=O)c1ccc(C)cc1. The van der Waals surface area contributed by atoms with E-state index in [1.807, 2.05) is 20.8 Å². The summed E-state index contributed by atoms with van der Waals surface area (Å²) in [5, 5.41) is 3.46. The summed E-state index contributed by atoms with van der Waals surface area (Å²) in [6.45, 7) is 6.47. The first-order valence-corrected chi connectivity index (χ1v) is 14.8. The van der Waals surface area contributed by atoms with Gasteiger partial charge in [-0.3, -0.25) is 13.9 Å². The molecular weight excluding hydrogens is 573 g/mol. The highest BCUT2D eigenvalue weighted by Crippen LogP contribution is 2.33. The van der Waals surface area contributed by atoms with Crippen LogP contribution in [0.15, 0.2) is 71.6 Å². The summed E-state index contributed by atoms with van der Waals surface area (Å²) in [5.41, 5.74) is 1.70. The molecule has 3 aromatic carbocycles. The van der Waals surface area contributed by atoms with Crippen LogP contribution in [0.3, 0.4) is 0 Å². The van der Waals surface area contributed by atoms with Crippen LogP contribution >= 0.6 is 23.2 Å². The van der Waals surface area contributed by atoms with Gasteiger partial charge >= 0.3 is 0 Å². The van der Waals surface area contributed by atoms with E-state index in [9.17, 15) is 18.0 Å². The van der Waals surface area contributed by atoms with Crippen molar-refractivity contribution in [3.05, 3.63) is 87.9 Å². The predicted octanol–water partition coefficient (Wildman–Crippen LogP) is 5.45. The monoisotopic (exact) mass is 605 g/mol. The Morgan fingerprint density at radius 2 is 1.60 bits per heavy atom. The third-order valence-electron chi connectivity index (χ3n) is 6.18. The maximum absolute atomic E-state index is 14.0. The lowest BCUT2D eigenvalue weighted by molar-refractivity contribution is -0.139. The Hall–Kier alpha value is -3.27. The molecule has 0 aliphatic carbocycles. The second kappa shape index (κ2) is 13.4. The van der Waals surface area contributed by atoms with Crippen molar-refractivity contribution < 1.29 is 22.7 Å². The van der Waals surface area contributed by atoms with Gasteiger partial charge < -0.3 is 15.0 Å². The van der Waals surface area contributed by atoms with E-state index in [-0.39, 0.29) is 34.8 Å². The molecule has 0 unspecified atom stereocenters. The normalized spacial score (nSPS) is 12.1. The number of anilines is 1. The zero-order valence-corrected chi connectivity index (χ0v) is 25.3. The number of nitrogens with zero attached hydrogens (tertiary/aromatic N) is 2. The highest BCUT2D eigenvalue weighted by Gasteiger charge is 2.34. The van der Waals surface area contributed by atoms with E-state index in [4.69, 9.17) is 27.9 Å². The average molecular weight is 607 g/mol. The number of hydrogen-bond donors (Lipinski definition) is 1. The first-order valence-electron chi connectivity index (χ1n) is 12.6. The number of carbonyl (C=O) groups excluding carboxylic acids is 2. The molecule has 214 valence electrons. The lowest BCUT2D eigenvalue weighted by atomic mass is 10.1. The van der Waals surface area contributed by atoms with Crippen LogP contribution in [0.4, 0.5) is 5.69 Å². The largest absolute Gasteiger partial charge is 0.495 e. The molecule has 40 heavy (non-hydrogen) atoms. The Morgan fingerprint density at radius 3 is 2.20 bits per heavy atom. The minimum Gasteiger partial charge on any atom is -0.495 e. The fourth-order valence-electron chi connectivity index (χ4n) is 4.01. The molecule has 0 aliphatic rings. The van der Waals surface area contributed by atoms with E-state index in [1.165, 1.54) is 24.1 Å². The highest BCUT2D eigenvalue weighted by molar-refractivity contribution is 7.92. The van der Waals surface area contributed by atoms with E-state index in [1.54, 1.807) is 61.5 Å². The van der Waals surface area contributed by atoms with Crippen LogP contribution in [-0.2, 0) is 26.2 Å². The smallest absolute Gasteiger partial charge is 0.264 e. The third kappa shape index (κ3) is 7.47. The molecule has 0 aliphatic heterocycles. The second-order valence-corrected chi connectivity index (χ2v) is 12.3. The predicted molar refractivity (Wildman–Crippen MR) is 158 cm³/mol. The number of amides is 2. The number of methoxy groups -OCH3 is 1. The summed E-state index contributed by atoms with van der Waals surface area (Å²) in [5.74, 6) is -0.708. The van der Waals surface area contributed by atoms with E-state index in [0.717, 1.165) is 9.87 Å². The Bertz CT molecular complexity index is 1460. The van der Waals surface area contributed by atoms with E-state index < -0.39 is 28.5 Å². The van der Waals surface area contributed by atoms with Crippen molar-refractivity contribution >= 4 is 50.7 Å². The number of sulfonamides is 1. The maximum Gasteiger partial charge on any atom is 0.264 e. The van der Waals surface area contributed by atoms with E-state index in [2.05, 4.69) is 5.32 Å². The van der Waals surface area contributed by atoms with Crippen molar-refractivity contribution in [2.24, 2.45) is 0 Å². The number of nitrogens with one attached hydrogen (secondary N) is 1. The standard InChI is InChI=1S/C29H33Cl2N3O5S/c1-19(2)32-29(36)21(4)33(17-22-12-15-24(30)25(31)16-22)28(35)18-34(26-8-6-7-9-27(26)39-5)40(37,38)23-13-10-20(3)11-14-23/h6-16,19,21H,17-18H2,1-5H3,(H,32,36)/t21-/m1/s1. The molecule has 0 bridgehead atoms. The topological polar surface area (TPSA) is 96.0 Å². The van der Waals surface area contributed by atoms with Gasteiger partial charge in [0.2, 0.25) is 11.8 Å². The summed E-state index contributed by atoms with van der Waals surface area (Å²) in [7, 11) is -2.79. The van der Waals surface area contributed by atoms with E-state index in [0.29, 0.717) is 15.6 Å². The highest BCUT2D eigenvalue weighted by atomic mass is 35.5. The third-order valence-corrected chi connectivity index (χ3v) is 8.69. The maximum atomic E-state index is 14.0. The molecule has 0 radical (unpaired) electrons. The molecule has 11 heteroatoms. The molecule has 0 saturated heterocycles. The van der Waals surface area contributed by atoms with Crippen LogP contribution in [0.2, 0.25) is 10.0 Å². The van der Waals surface area contributed by atoms with Gasteiger partial charge in [-0.2, -0.15) is 0 Å². The van der Waals surface area contributed by atoms with Crippen LogP contribution in [0, 0.1) is 6.92 Å². The van der Waals surface area contributed by atoms with E-state index >= 15 is 0 Å². The first kappa shape index (κ1) is 31.3. The summed E-state index contributed by atoms with van der Waals surface area (Å²) >= 11 is 12.3. The van der Waals surface area contributed by atoms with Crippen LogP contribution in [0.5, 0.6) is 5.75 Å². The van der Waals surface area contributed by atoms with Gasteiger partial charge in [0.15, 0.2) is 0 Å². The summed E-state index contributed by atoms with van der Waals surface area (Å²) in [6, 6.07) is 16.7. The van der Waals surface area contributed by atoms with Crippen molar-refractivity contribution in [2.45, 2.75) is 51.2 Å². The van der Waals surface area contributed by atoms with Crippen molar-refractivity contribution in [1.29, 1.82) is 0 Å². The zero-order chi connectivity index (χ0) is 29.6. The summed E-state index contributed by atoms with van der Waals surface area (Å²) in [6.07, 6.45) is 0. The fraction of sp³-hybridized carbons (Fsp3) is 0.310. The van der Waals surface area contributed by atoms with Crippen LogP contribution < -0.4 is 14.4 Å². The number of para-hydroxylation sites is 2. The quantitative estimate of drug-likeness (QED) is 0.313. The number of aryl methyl sites for hydroxylation is 1. The van der Waals surface area contributed by atoms with Gasteiger partial charge in [-0.15, -0.1) is 0 Å². The Balaban J connectivity index is 2.08. The number of carbonyl (C=O) groups is 2. The number of rotatable bonds is 11. The summed E-state index contributed by atoms with van der Waals surface area (Å²) in [4.78, 5) is 28.3. The fourth-order valence-corrected chi connectivity index (χ4v) is 5.75. The average Bonchev–Trinajstić information content (AvgIpc) is 2.91. The molecule has 8 nitrogen and oxygen atoms in total. The molecule has 2 amide bonds. The molecule has 0 aromatic heterocycles. The lowest BCUT2D eigenvalue weighted by Crippen LogP contribution is -2.52. The second-order valence-electron chi connectivity index (χ2n) is 9.61. The molecule has 1 N–H and O–H groups in total. The molecule has 1 atom stereocenters. The van der Waals surface area contributed by atoms with Gasteiger partial charge in [-0.05, 0) is 69.7 Å². The molecule has 0 heterocycles. The minimum absolute atomic E-state index is 0.00719. The Morgan fingerprint density at radius 1 is 0.950 bits per heavy atom. The van der Waals surface area contributed by atoms with Gasteiger partial charge in [-0.25, -0.2) is 8.42 Å². The van der Waals surface area contributed by atoms with Crippen molar-refractivity contribution in [3.8, 4) is 5.75 Å². The van der Waals surface area contributed by atoms with Crippen molar-refractivity contribution in [1.82, 2.24) is 10.2 Å². The Kier molecular flexibility index (Phi) is 10.5. The van der Waals surface area contributed by atoms with Gasteiger partial charge in [0, 0.05) is 12.6 Å². The number of benzene rings is 3. The molecular formula is C29H33Cl2N3O5S. The zero-order valence-electron chi connectivity index (χ0n) is 23.0. The molecule has 0 saturated carbocycles. The van der Waals surface area contributed by atoms with Crippen LogP contribution in [0.25, 0.3) is 0 Å². The Labute approximate surface area is 245 Å². The summed E-state index contributed by atoms with van der Waals surface area (Å²) < 4.78 is 34.3. The molecule has 3 aromatic rings.